The predicted molar refractivity (Wildman–Crippen MR) is 65.5 cm³/mol. The molecular weight excluding hydrogens is 270 g/mol. The van der Waals surface area contributed by atoms with Crippen molar-refractivity contribution in [1.82, 2.24) is 0 Å². The van der Waals surface area contributed by atoms with Crippen molar-refractivity contribution < 1.29 is 9.59 Å². The van der Waals surface area contributed by atoms with E-state index in [1.165, 1.54) is 0 Å². The Morgan fingerprint density at radius 3 is 2.69 bits per heavy atom. The number of carbonyl (C=O) groups excluding carboxylic acids is 2. The van der Waals surface area contributed by atoms with Crippen LogP contribution in [0, 0.1) is 0 Å². The lowest BCUT2D eigenvalue weighted by Crippen LogP contribution is -2.25. The maximum Gasteiger partial charge on any atom is 0.234 e. The van der Waals surface area contributed by atoms with Gasteiger partial charge in [-0.3, -0.25) is 9.59 Å². The molecule has 1 saturated heterocycles. The van der Waals surface area contributed by atoms with Crippen LogP contribution in [0.5, 0.6) is 0 Å². The second-order valence-corrected chi connectivity index (χ2v) is 4.74. The molecule has 0 atom stereocenters. The molecule has 1 aliphatic heterocycles. The normalized spacial score (nSPS) is 16.0. The minimum Gasteiger partial charge on any atom is -0.304 e. The molecule has 16 heavy (non-hydrogen) atoms. The summed E-state index contributed by atoms with van der Waals surface area (Å²) >= 11 is 3.40. The van der Waals surface area contributed by atoms with Crippen LogP contribution in [-0.4, -0.2) is 18.2 Å². The maximum absolute atomic E-state index is 11.6. The fourth-order valence-corrected chi connectivity index (χ4v) is 2.31. The van der Waals surface area contributed by atoms with Crippen molar-refractivity contribution in [2.75, 3.05) is 11.4 Å². The Hall–Kier alpha value is -1.16. The van der Waals surface area contributed by atoms with Gasteiger partial charge in [-0.1, -0.05) is 22.9 Å². The summed E-state index contributed by atoms with van der Waals surface area (Å²) in [7, 11) is 0. The number of hydrogen-bond donors (Lipinski definition) is 0. The summed E-state index contributed by atoms with van der Waals surface area (Å²) in [5.41, 5.74) is 1.94. The Bertz CT molecular complexity index is 456. The van der Waals surface area contributed by atoms with Gasteiger partial charge in [0.25, 0.3) is 0 Å². The van der Waals surface area contributed by atoms with Crippen molar-refractivity contribution in [2.24, 2.45) is 0 Å². The molecule has 0 saturated carbocycles. The molecule has 0 N–H and O–H groups in total. The number of benzene rings is 1. The number of halogens is 1. The van der Waals surface area contributed by atoms with Gasteiger partial charge in [-0.2, -0.15) is 0 Å². The number of anilines is 1. The van der Waals surface area contributed by atoms with Crippen molar-refractivity contribution in [3.63, 3.8) is 0 Å². The highest BCUT2D eigenvalue weighted by molar-refractivity contribution is 9.10. The molecule has 0 aliphatic carbocycles. The summed E-state index contributed by atoms with van der Waals surface area (Å²) in [4.78, 5) is 24.4. The highest BCUT2D eigenvalue weighted by Gasteiger charge is 2.29. The van der Waals surface area contributed by atoms with Gasteiger partial charge in [0.05, 0.1) is 13.0 Å². The monoisotopic (exact) mass is 281 g/mol. The van der Waals surface area contributed by atoms with Crippen LogP contribution < -0.4 is 4.90 Å². The molecule has 1 aromatic carbocycles. The Morgan fingerprint density at radius 1 is 1.38 bits per heavy atom. The van der Waals surface area contributed by atoms with E-state index in [2.05, 4.69) is 15.9 Å². The number of carbonyl (C=O) groups is 2. The number of rotatable bonds is 2. The molecule has 0 spiro atoms. The number of nitrogens with zero attached hydrogens (tertiary/aromatic N) is 1. The lowest BCUT2D eigenvalue weighted by atomic mass is 10.1. The van der Waals surface area contributed by atoms with Crippen LogP contribution in [-0.2, 0) is 16.0 Å². The quantitative estimate of drug-likeness (QED) is 0.781. The largest absolute Gasteiger partial charge is 0.304 e. The lowest BCUT2D eigenvalue weighted by molar-refractivity contribution is -0.121. The third kappa shape index (κ3) is 2.02. The second-order valence-electron chi connectivity index (χ2n) is 3.82. The van der Waals surface area contributed by atoms with E-state index in [1.54, 1.807) is 4.90 Å². The number of hydrogen-bond acceptors (Lipinski definition) is 2. The zero-order chi connectivity index (χ0) is 11.7. The molecule has 1 fully saturated rings. The van der Waals surface area contributed by atoms with Crippen molar-refractivity contribution >= 4 is 33.3 Å². The molecule has 1 heterocycles. The Kier molecular flexibility index (Phi) is 3.10. The highest BCUT2D eigenvalue weighted by atomic mass is 79.9. The molecule has 0 aromatic heterocycles. The van der Waals surface area contributed by atoms with Gasteiger partial charge in [0.15, 0.2) is 5.78 Å². The number of Topliss-reactive ketones (excluding diaryl/α,β-unsaturated/α-hetero) is 1. The Balaban J connectivity index is 2.40. The average Bonchev–Trinajstić information content (AvgIpc) is 2.57. The van der Waals surface area contributed by atoms with E-state index in [0.717, 1.165) is 22.1 Å². The van der Waals surface area contributed by atoms with Gasteiger partial charge in [0.2, 0.25) is 5.91 Å². The Labute approximate surface area is 103 Å². The highest BCUT2D eigenvalue weighted by Crippen LogP contribution is 2.27. The molecule has 2 rings (SSSR count). The first-order valence-electron chi connectivity index (χ1n) is 5.22. The molecule has 0 radical (unpaired) electrons. The third-order valence-electron chi connectivity index (χ3n) is 2.70. The smallest absolute Gasteiger partial charge is 0.234 e. The van der Waals surface area contributed by atoms with Gasteiger partial charge < -0.3 is 4.90 Å². The lowest BCUT2D eigenvalue weighted by Gasteiger charge is -2.18. The summed E-state index contributed by atoms with van der Waals surface area (Å²) in [6.07, 6.45) is 0.881. The minimum absolute atomic E-state index is 0.00466. The molecule has 4 heteroatoms. The summed E-state index contributed by atoms with van der Waals surface area (Å²) in [5, 5.41) is 0. The van der Waals surface area contributed by atoms with Crippen molar-refractivity contribution in [3.05, 3.63) is 28.2 Å². The Morgan fingerprint density at radius 2 is 2.12 bits per heavy atom. The molecule has 1 amide bonds. The summed E-state index contributed by atoms with van der Waals surface area (Å²) in [5.74, 6) is -0.100. The van der Waals surface area contributed by atoms with Gasteiger partial charge in [-0.15, -0.1) is 0 Å². The van der Waals surface area contributed by atoms with Crippen molar-refractivity contribution in [2.45, 2.75) is 19.8 Å². The van der Waals surface area contributed by atoms with Crippen molar-refractivity contribution in [3.8, 4) is 0 Å². The predicted octanol–water partition coefficient (Wildman–Crippen LogP) is 2.32. The summed E-state index contributed by atoms with van der Waals surface area (Å²) in [6, 6.07) is 5.77. The van der Waals surface area contributed by atoms with Crippen LogP contribution in [0.3, 0.4) is 0 Å². The zero-order valence-corrected chi connectivity index (χ0v) is 10.6. The van der Waals surface area contributed by atoms with E-state index >= 15 is 0 Å². The van der Waals surface area contributed by atoms with E-state index in [-0.39, 0.29) is 24.7 Å². The van der Waals surface area contributed by atoms with E-state index in [9.17, 15) is 9.59 Å². The summed E-state index contributed by atoms with van der Waals surface area (Å²) < 4.78 is 0.992. The molecular formula is C12H12BrNO2. The van der Waals surface area contributed by atoms with Gasteiger partial charge in [0.1, 0.15) is 0 Å². The van der Waals surface area contributed by atoms with Gasteiger partial charge >= 0.3 is 0 Å². The number of ketones is 1. The van der Waals surface area contributed by atoms with E-state index in [0.29, 0.717) is 0 Å². The zero-order valence-electron chi connectivity index (χ0n) is 9.00. The number of amides is 1. The first-order valence-corrected chi connectivity index (χ1v) is 6.01. The maximum atomic E-state index is 11.6. The van der Waals surface area contributed by atoms with Crippen LogP contribution >= 0.6 is 15.9 Å². The van der Waals surface area contributed by atoms with Crippen LogP contribution in [0.15, 0.2) is 22.7 Å². The molecule has 0 unspecified atom stereocenters. The third-order valence-corrected chi connectivity index (χ3v) is 3.19. The van der Waals surface area contributed by atoms with E-state index in [1.807, 2.05) is 25.1 Å². The number of aryl methyl sites for hydroxylation is 1. The summed E-state index contributed by atoms with van der Waals surface area (Å²) in [6.45, 7) is 2.25. The van der Waals surface area contributed by atoms with Crippen LogP contribution in [0.1, 0.15) is 18.9 Å². The molecule has 3 nitrogen and oxygen atoms in total. The van der Waals surface area contributed by atoms with Crippen LogP contribution in [0.2, 0.25) is 0 Å². The average molecular weight is 282 g/mol. The first-order chi connectivity index (χ1) is 7.61. The van der Waals surface area contributed by atoms with Gasteiger partial charge in [-0.05, 0) is 30.2 Å². The van der Waals surface area contributed by atoms with Crippen LogP contribution in [0.25, 0.3) is 0 Å². The second kappa shape index (κ2) is 4.37. The molecule has 0 bridgehead atoms. The standard InChI is InChI=1S/C12H12BrNO2/c1-2-8-5-9(13)3-4-11(8)14-7-10(15)6-12(14)16/h3-5H,2,6-7H2,1H3. The molecule has 1 aliphatic rings. The molecule has 1 aromatic rings. The van der Waals surface area contributed by atoms with Crippen LogP contribution in [0.4, 0.5) is 5.69 Å². The fraction of sp³-hybridized carbons (Fsp3) is 0.333. The SMILES string of the molecule is CCc1cc(Br)ccc1N1CC(=O)CC1=O. The minimum atomic E-state index is -0.0953. The van der Waals surface area contributed by atoms with Crippen molar-refractivity contribution in [1.29, 1.82) is 0 Å². The first kappa shape index (κ1) is 11.3. The molecule has 84 valence electrons. The van der Waals surface area contributed by atoms with E-state index in [4.69, 9.17) is 0 Å². The fourth-order valence-electron chi connectivity index (χ4n) is 1.90. The topological polar surface area (TPSA) is 37.4 Å². The van der Waals surface area contributed by atoms with E-state index < -0.39 is 0 Å². The van der Waals surface area contributed by atoms with Gasteiger partial charge in [-0.25, -0.2) is 0 Å². The van der Waals surface area contributed by atoms with Gasteiger partial charge in [0, 0.05) is 10.2 Å².